The van der Waals surface area contributed by atoms with E-state index in [1.807, 2.05) is 20.8 Å². The Balaban J connectivity index is 1.01. The normalized spacial score (nSPS) is 24.9. The molecule has 0 aliphatic carbocycles. The van der Waals surface area contributed by atoms with Crippen molar-refractivity contribution in [2.24, 2.45) is 5.41 Å². The summed E-state index contributed by atoms with van der Waals surface area (Å²) < 4.78 is 61.2. The van der Waals surface area contributed by atoms with Crippen LogP contribution in [0.4, 0.5) is 10.2 Å². The van der Waals surface area contributed by atoms with Crippen LogP contribution in [0.1, 0.15) is 56.8 Å². The van der Waals surface area contributed by atoms with E-state index in [4.69, 9.17) is 14.2 Å². The lowest BCUT2D eigenvalue weighted by atomic mass is 9.72. The number of rotatable bonds is 11. The van der Waals surface area contributed by atoms with Crippen LogP contribution in [0.15, 0.2) is 30.7 Å². The van der Waals surface area contributed by atoms with Gasteiger partial charge < -0.3 is 29.1 Å². The number of anilines is 1. The molecule has 4 saturated heterocycles. The molecule has 0 radical (unpaired) electrons. The van der Waals surface area contributed by atoms with Gasteiger partial charge in [0.25, 0.3) is 16.1 Å². The van der Waals surface area contributed by atoms with E-state index in [0.717, 1.165) is 39.0 Å². The minimum absolute atomic E-state index is 0.0624. The van der Waals surface area contributed by atoms with Crippen LogP contribution in [0.3, 0.4) is 0 Å². The van der Waals surface area contributed by atoms with Crippen molar-refractivity contribution in [1.82, 2.24) is 28.8 Å². The van der Waals surface area contributed by atoms with Gasteiger partial charge in [-0.05, 0) is 71.3 Å². The number of likely N-dealkylation sites (tertiary alicyclic amines) is 1. The van der Waals surface area contributed by atoms with Crippen molar-refractivity contribution in [2.45, 2.75) is 64.3 Å². The van der Waals surface area contributed by atoms with Gasteiger partial charge in [0.15, 0.2) is 17.4 Å². The zero-order chi connectivity index (χ0) is 34.8. The lowest BCUT2D eigenvalue weighted by molar-refractivity contribution is -0.239. The summed E-state index contributed by atoms with van der Waals surface area (Å²) in [6.45, 7) is 11.2. The first kappa shape index (κ1) is 35.8. The highest BCUT2D eigenvalue weighted by Gasteiger charge is 2.47. The number of β-amino-alcohol motifs (C(OH)–C–C–N with tert-alkyl or cyclic N) is 1. The Bertz CT molecular complexity index is 1570. The average molecular weight is 706 g/mol. The van der Waals surface area contributed by atoms with E-state index in [1.54, 1.807) is 11.1 Å². The van der Waals surface area contributed by atoms with Gasteiger partial charge in [0, 0.05) is 56.6 Å². The third-order valence-electron chi connectivity index (χ3n) is 10.1. The number of amides is 1. The van der Waals surface area contributed by atoms with Gasteiger partial charge in [-0.15, -0.1) is 0 Å². The van der Waals surface area contributed by atoms with Crippen LogP contribution in [0.25, 0.3) is 0 Å². The van der Waals surface area contributed by atoms with E-state index in [0.29, 0.717) is 63.8 Å². The lowest BCUT2D eigenvalue weighted by Crippen LogP contribution is -2.62. The third-order valence-corrected chi connectivity index (χ3v) is 11.8. The second kappa shape index (κ2) is 14.7. The van der Waals surface area contributed by atoms with E-state index in [1.165, 1.54) is 28.8 Å². The Morgan fingerprint density at radius 2 is 1.90 bits per heavy atom. The smallest absolute Gasteiger partial charge is 0.279 e. The van der Waals surface area contributed by atoms with Gasteiger partial charge in [0.2, 0.25) is 0 Å². The maximum Gasteiger partial charge on any atom is 0.279 e. The zero-order valence-electron chi connectivity index (χ0n) is 28.5. The molecule has 1 spiro atoms. The van der Waals surface area contributed by atoms with Crippen molar-refractivity contribution in [3.05, 3.63) is 42.1 Å². The van der Waals surface area contributed by atoms with Crippen molar-refractivity contribution < 1.29 is 36.9 Å². The number of carbonyl (C=O) groups excluding carboxylic acids is 1. The summed E-state index contributed by atoms with van der Waals surface area (Å²) in [6, 6.07) is 3.49. The molecule has 16 heteroatoms. The molecule has 0 saturated carbocycles. The molecule has 2 N–H and O–H groups in total. The standard InChI is InChI=1S/C33H48FN7O7S/c1-4-41(24(2)3)31(42)27-17-25(34)5-6-28(27)48-29-18-35-23-36-30(29)39-20-32(21-39)9-11-38(12-10-32)22-33(43)8-7-26(19-47-33)37-49(44,45)40-13-15-46-16-14-40/h5-6,17-18,23-24,26,37,43H,4,7-16,19-22H2,1-3H3/t26-,33-/m1/s1. The molecule has 0 bridgehead atoms. The number of ether oxygens (including phenoxy) is 3. The predicted octanol–water partition coefficient (Wildman–Crippen LogP) is 2.21. The first-order chi connectivity index (χ1) is 23.4. The second-order valence-corrected chi connectivity index (χ2v) is 15.6. The summed E-state index contributed by atoms with van der Waals surface area (Å²) in [5.74, 6) is -0.899. The quantitative estimate of drug-likeness (QED) is 0.355. The summed E-state index contributed by atoms with van der Waals surface area (Å²) in [6.07, 6.45) is 5.72. The van der Waals surface area contributed by atoms with E-state index >= 15 is 0 Å². The largest absolute Gasteiger partial charge is 0.451 e. The Kier molecular flexibility index (Phi) is 10.7. The van der Waals surface area contributed by atoms with Crippen LogP contribution < -0.4 is 14.4 Å². The van der Waals surface area contributed by atoms with Crippen LogP contribution in [-0.2, 0) is 19.7 Å². The number of halogens is 1. The average Bonchev–Trinajstić information content (AvgIpc) is 3.07. The number of benzene rings is 1. The van der Waals surface area contributed by atoms with Crippen LogP contribution in [0.2, 0.25) is 0 Å². The summed E-state index contributed by atoms with van der Waals surface area (Å²) in [5.41, 5.74) is 0.235. The van der Waals surface area contributed by atoms with Crippen LogP contribution in [0, 0.1) is 11.2 Å². The van der Waals surface area contributed by atoms with E-state index in [9.17, 15) is 22.7 Å². The number of hydrogen-bond donors (Lipinski definition) is 2. The number of carbonyl (C=O) groups is 1. The maximum absolute atomic E-state index is 14.3. The topological polar surface area (TPSA) is 150 Å². The van der Waals surface area contributed by atoms with Gasteiger partial charge >= 0.3 is 0 Å². The van der Waals surface area contributed by atoms with Gasteiger partial charge in [-0.1, -0.05) is 0 Å². The molecule has 4 fully saturated rings. The maximum atomic E-state index is 14.3. The van der Waals surface area contributed by atoms with Gasteiger partial charge in [-0.25, -0.2) is 14.4 Å². The summed E-state index contributed by atoms with van der Waals surface area (Å²) in [4.78, 5) is 28.0. The molecule has 1 aromatic heterocycles. The van der Waals surface area contributed by atoms with Crippen molar-refractivity contribution in [3.63, 3.8) is 0 Å². The van der Waals surface area contributed by atoms with Crippen LogP contribution in [0.5, 0.6) is 11.5 Å². The Morgan fingerprint density at radius 3 is 2.55 bits per heavy atom. The van der Waals surface area contributed by atoms with Crippen molar-refractivity contribution in [2.75, 3.05) is 77.1 Å². The number of piperidine rings is 1. The molecule has 4 aliphatic heterocycles. The summed E-state index contributed by atoms with van der Waals surface area (Å²) in [7, 11) is -3.63. The molecule has 4 aliphatic rings. The minimum Gasteiger partial charge on any atom is -0.451 e. The highest BCUT2D eigenvalue weighted by Crippen LogP contribution is 2.45. The highest BCUT2D eigenvalue weighted by molar-refractivity contribution is 7.87. The molecule has 5 heterocycles. The number of nitrogens with zero attached hydrogens (tertiary/aromatic N) is 6. The zero-order valence-corrected chi connectivity index (χ0v) is 29.3. The number of aliphatic hydroxyl groups is 1. The fourth-order valence-corrected chi connectivity index (χ4v) is 8.65. The number of hydrogen-bond acceptors (Lipinski definition) is 11. The Morgan fingerprint density at radius 1 is 1.16 bits per heavy atom. The third kappa shape index (κ3) is 8.16. The fraction of sp³-hybridized carbons (Fsp3) is 0.667. The molecule has 270 valence electrons. The molecule has 1 aromatic carbocycles. The molecule has 0 unspecified atom stereocenters. The van der Waals surface area contributed by atoms with Gasteiger partial charge in [0.05, 0.1) is 38.1 Å². The first-order valence-electron chi connectivity index (χ1n) is 17.2. The fourth-order valence-electron chi connectivity index (χ4n) is 7.26. The molecule has 14 nitrogen and oxygen atoms in total. The van der Waals surface area contributed by atoms with E-state index in [2.05, 4.69) is 24.5 Å². The Labute approximate surface area is 287 Å². The monoisotopic (exact) mass is 705 g/mol. The minimum atomic E-state index is -3.63. The SMILES string of the molecule is CCN(C(=O)c1cc(F)ccc1Oc1cncnc1N1CC2(CCN(C[C@@]3(O)CC[C@@H](NS(=O)(=O)N4CCOCC4)CO3)CC2)C1)C(C)C. The molecule has 1 amide bonds. The first-order valence-corrected chi connectivity index (χ1v) is 18.6. The van der Waals surface area contributed by atoms with Crippen molar-refractivity contribution in [3.8, 4) is 11.5 Å². The Hall–Kier alpha value is -2.99. The van der Waals surface area contributed by atoms with Crippen LogP contribution in [-0.4, -0.2) is 134 Å². The van der Waals surface area contributed by atoms with Crippen molar-refractivity contribution in [1.29, 1.82) is 0 Å². The molecule has 2 atom stereocenters. The molecular weight excluding hydrogens is 657 g/mol. The number of aromatic nitrogens is 2. The lowest BCUT2D eigenvalue weighted by Gasteiger charge is -2.55. The van der Waals surface area contributed by atoms with Gasteiger partial charge in [-0.3, -0.25) is 9.69 Å². The molecule has 49 heavy (non-hydrogen) atoms. The summed E-state index contributed by atoms with van der Waals surface area (Å²) in [5, 5.41) is 11.2. The van der Waals surface area contributed by atoms with Gasteiger partial charge in [0.1, 0.15) is 17.9 Å². The van der Waals surface area contributed by atoms with E-state index in [-0.39, 0.29) is 35.3 Å². The molecular formula is C33H48FN7O7S. The summed E-state index contributed by atoms with van der Waals surface area (Å²) >= 11 is 0. The molecule has 2 aromatic rings. The van der Waals surface area contributed by atoms with Gasteiger partial charge in [-0.2, -0.15) is 17.4 Å². The number of nitrogens with one attached hydrogen (secondary N) is 1. The molecule has 6 rings (SSSR count). The number of morpholine rings is 1. The van der Waals surface area contributed by atoms with Crippen LogP contribution >= 0.6 is 0 Å². The highest BCUT2D eigenvalue weighted by atomic mass is 32.2. The van der Waals surface area contributed by atoms with Crippen molar-refractivity contribution >= 4 is 21.9 Å². The second-order valence-electron chi connectivity index (χ2n) is 13.9. The predicted molar refractivity (Wildman–Crippen MR) is 179 cm³/mol. The van der Waals surface area contributed by atoms with E-state index < -0.39 is 27.9 Å².